The molecule has 1 heterocycles. The first-order chi connectivity index (χ1) is 15.2. The Bertz CT molecular complexity index is 1050. The lowest BCUT2D eigenvalue weighted by atomic mass is 9.99. The second-order valence-corrected chi connectivity index (χ2v) is 16.0. The van der Waals surface area contributed by atoms with Gasteiger partial charge < -0.3 is 0 Å². The summed E-state index contributed by atoms with van der Waals surface area (Å²) in [5.41, 5.74) is 14.9. The van der Waals surface area contributed by atoms with E-state index in [0.29, 0.717) is 0 Å². The van der Waals surface area contributed by atoms with Crippen molar-refractivity contribution in [2.45, 2.75) is 87.4 Å². The van der Waals surface area contributed by atoms with E-state index in [2.05, 4.69) is 62.4 Å². The van der Waals surface area contributed by atoms with Crippen LogP contribution in [0.5, 0.6) is 0 Å². The van der Waals surface area contributed by atoms with Crippen LogP contribution in [0, 0.1) is 0 Å². The first-order valence-corrected chi connectivity index (χ1v) is 15.4. The third-order valence-electron chi connectivity index (χ3n) is 9.34. The Balaban J connectivity index is 1.39. The minimum absolute atomic E-state index is 0.729. The molecule has 0 aromatic heterocycles. The molecule has 1 saturated heterocycles. The van der Waals surface area contributed by atoms with Gasteiger partial charge in [-0.1, -0.05) is 84.6 Å². The van der Waals surface area contributed by atoms with Crippen LogP contribution in [-0.4, -0.2) is 8.07 Å². The highest BCUT2D eigenvalue weighted by molar-refractivity contribution is 6.84. The van der Waals surface area contributed by atoms with Crippen LogP contribution in [0.4, 0.5) is 0 Å². The van der Waals surface area contributed by atoms with Gasteiger partial charge in [-0.3, -0.25) is 0 Å². The van der Waals surface area contributed by atoms with Gasteiger partial charge in [-0.2, -0.15) is 0 Å². The van der Waals surface area contributed by atoms with Crippen LogP contribution in [0.25, 0.3) is 12.2 Å². The number of benzene rings is 2. The Kier molecular flexibility index (Phi) is 3.96. The van der Waals surface area contributed by atoms with Crippen LogP contribution in [0.1, 0.15) is 109 Å². The molecule has 0 N–H and O–H groups in total. The lowest BCUT2D eigenvalue weighted by molar-refractivity contribution is 0.935. The topological polar surface area (TPSA) is 0 Å². The van der Waals surface area contributed by atoms with Crippen molar-refractivity contribution in [2.24, 2.45) is 0 Å². The zero-order valence-corrected chi connectivity index (χ0v) is 20.1. The SMILES string of the molecule is CC1=Cc2c(C3CC3)cccc2C1[Si]1(C2C(C)=Cc3c(C4CC4)cccc32)CCCC1. The Hall–Kier alpha value is -1.86. The van der Waals surface area contributed by atoms with E-state index < -0.39 is 8.07 Å². The fourth-order valence-electron chi connectivity index (χ4n) is 7.96. The Morgan fingerprint density at radius 3 is 1.45 bits per heavy atom. The van der Waals surface area contributed by atoms with E-state index in [9.17, 15) is 0 Å². The minimum atomic E-state index is -1.61. The maximum absolute atomic E-state index is 2.62. The highest BCUT2D eigenvalue weighted by Crippen LogP contribution is 2.60. The second-order valence-electron chi connectivity index (χ2n) is 11.3. The summed E-state index contributed by atoms with van der Waals surface area (Å²) in [4.78, 5) is 0. The summed E-state index contributed by atoms with van der Waals surface area (Å²) in [6.07, 6.45) is 13.8. The number of fused-ring (bicyclic) bond motifs is 2. The molecule has 0 radical (unpaired) electrons. The monoisotopic (exact) mass is 422 g/mol. The summed E-state index contributed by atoms with van der Waals surface area (Å²) in [5.74, 6) is 1.68. The first kappa shape index (κ1) is 18.7. The predicted octanol–water partition coefficient (Wildman–Crippen LogP) is 8.46. The number of allylic oxidation sites excluding steroid dienone is 2. The Morgan fingerprint density at radius 2 is 1.03 bits per heavy atom. The molecule has 0 bridgehead atoms. The van der Waals surface area contributed by atoms with Crippen LogP contribution in [0.2, 0.25) is 12.1 Å². The van der Waals surface area contributed by atoms with Crippen molar-refractivity contribution in [3.8, 4) is 0 Å². The van der Waals surface area contributed by atoms with Gasteiger partial charge in [0, 0.05) is 11.1 Å². The van der Waals surface area contributed by atoms with Gasteiger partial charge in [-0.15, -0.1) is 0 Å². The van der Waals surface area contributed by atoms with E-state index in [4.69, 9.17) is 0 Å². The van der Waals surface area contributed by atoms with Crippen molar-refractivity contribution in [2.75, 3.05) is 0 Å². The molecular formula is C30H34Si. The van der Waals surface area contributed by atoms with E-state index in [0.717, 1.165) is 22.9 Å². The van der Waals surface area contributed by atoms with E-state index in [1.54, 1.807) is 44.5 Å². The maximum atomic E-state index is 2.62. The van der Waals surface area contributed by atoms with Crippen LogP contribution >= 0.6 is 0 Å². The molecule has 2 unspecified atom stereocenters. The van der Waals surface area contributed by atoms with Crippen molar-refractivity contribution in [3.63, 3.8) is 0 Å². The van der Waals surface area contributed by atoms with Crippen LogP contribution in [0.3, 0.4) is 0 Å². The summed E-state index contributed by atoms with van der Waals surface area (Å²) in [5, 5.41) is 0. The quantitative estimate of drug-likeness (QED) is 0.433. The van der Waals surface area contributed by atoms with Gasteiger partial charge in [0.05, 0.1) is 8.07 Å². The van der Waals surface area contributed by atoms with Crippen molar-refractivity contribution >= 4 is 20.2 Å². The third-order valence-corrected chi connectivity index (χ3v) is 15.7. The summed E-state index contributed by atoms with van der Waals surface area (Å²) in [7, 11) is -1.61. The number of rotatable bonds is 4. The molecule has 0 spiro atoms. The largest absolute Gasteiger partial charge is 0.0781 e. The van der Waals surface area contributed by atoms with Crippen molar-refractivity contribution < 1.29 is 0 Å². The average Bonchev–Trinajstić information content (AvgIpc) is 3.67. The zero-order chi connectivity index (χ0) is 20.7. The Morgan fingerprint density at radius 1 is 0.613 bits per heavy atom. The van der Waals surface area contributed by atoms with Crippen molar-refractivity contribution in [3.05, 3.63) is 80.9 Å². The molecule has 3 fully saturated rings. The highest BCUT2D eigenvalue weighted by Gasteiger charge is 2.54. The normalized spacial score (nSPS) is 28.3. The Labute approximate surface area is 188 Å². The van der Waals surface area contributed by atoms with Gasteiger partial charge in [-0.05, 0) is 84.7 Å². The van der Waals surface area contributed by atoms with E-state index >= 15 is 0 Å². The molecule has 1 aliphatic heterocycles. The summed E-state index contributed by atoms with van der Waals surface area (Å²) in [6.45, 7) is 4.95. The van der Waals surface area contributed by atoms with Crippen LogP contribution in [0.15, 0.2) is 47.5 Å². The summed E-state index contributed by atoms with van der Waals surface area (Å²) >= 11 is 0. The minimum Gasteiger partial charge on any atom is -0.0679 e. The molecule has 0 amide bonds. The molecule has 4 aliphatic carbocycles. The van der Waals surface area contributed by atoms with E-state index in [1.807, 2.05) is 0 Å². The fourth-order valence-corrected chi connectivity index (χ4v) is 15.2. The summed E-state index contributed by atoms with van der Waals surface area (Å²) < 4.78 is 0. The van der Waals surface area contributed by atoms with Gasteiger partial charge in [-0.25, -0.2) is 0 Å². The van der Waals surface area contributed by atoms with Crippen LogP contribution < -0.4 is 0 Å². The molecule has 5 aliphatic rings. The van der Waals surface area contributed by atoms with Gasteiger partial charge >= 0.3 is 0 Å². The molecule has 1 heteroatoms. The van der Waals surface area contributed by atoms with Crippen LogP contribution in [-0.2, 0) is 0 Å². The lowest BCUT2D eigenvalue weighted by Gasteiger charge is -2.42. The molecular weight excluding hydrogens is 388 g/mol. The molecule has 2 saturated carbocycles. The standard InChI is InChI=1S/C30H34Si/c1-19-17-27-23(21-11-12-21)7-5-9-25(27)29(19)31(15-3-4-16-31)30-20(2)18-28-24(22-13-14-22)8-6-10-26(28)30/h5-10,17-18,21-22,29-30H,3-4,11-16H2,1-2H3. The first-order valence-electron chi connectivity index (χ1n) is 12.8. The van der Waals surface area contributed by atoms with E-state index in [1.165, 1.54) is 50.6 Å². The zero-order valence-electron chi connectivity index (χ0n) is 19.1. The van der Waals surface area contributed by atoms with Crippen molar-refractivity contribution in [1.82, 2.24) is 0 Å². The molecule has 7 rings (SSSR count). The summed E-state index contributed by atoms with van der Waals surface area (Å²) in [6, 6.07) is 17.7. The van der Waals surface area contributed by atoms with Gasteiger partial charge in [0.2, 0.25) is 0 Å². The second kappa shape index (κ2) is 6.58. The maximum Gasteiger partial charge on any atom is 0.0781 e. The molecule has 2 aromatic rings. The van der Waals surface area contributed by atoms with E-state index in [-0.39, 0.29) is 0 Å². The predicted molar refractivity (Wildman–Crippen MR) is 134 cm³/mol. The molecule has 31 heavy (non-hydrogen) atoms. The third kappa shape index (κ3) is 2.65. The van der Waals surface area contributed by atoms with Gasteiger partial charge in [0.15, 0.2) is 0 Å². The number of hydrogen-bond donors (Lipinski definition) is 0. The number of hydrogen-bond acceptors (Lipinski definition) is 0. The average molecular weight is 423 g/mol. The fraction of sp³-hybridized carbons (Fsp3) is 0.467. The van der Waals surface area contributed by atoms with Crippen molar-refractivity contribution in [1.29, 1.82) is 0 Å². The molecule has 2 atom stereocenters. The molecule has 158 valence electrons. The molecule has 2 aromatic carbocycles. The van der Waals surface area contributed by atoms with Gasteiger partial charge in [0.1, 0.15) is 0 Å². The molecule has 0 nitrogen and oxygen atoms in total. The van der Waals surface area contributed by atoms with Gasteiger partial charge in [0.25, 0.3) is 0 Å². The lowest BCUT2D eigenvalue weighted by Crippen LogP contribution is -2.45. The smallest absolute Gasteiger partial charge is 0.0679 e. The highest BCUT2D eigenvalue weighted by atomic mass is 28.3.